The molecule has 0 saturated heterocycles. The Morgan fingerprint density at radius 1 is 0.619 bits per heavy atom. The van der Waals surface area contributed by atoms with E-state index in [0.717, 1.165) is 6.16 Å². The smallest absolute Gasteiger partial charge is 0.0639 e. The molecule has 0 fully saturated rings. The summed E-state index contributed by atoms with van der Waals surface area (Å²) < 4.78 is 0. The second-order valence-electron chi connectivity index (χ2n) is 4.91. The highest BCUT2D eigenvalue weighted by atomic mass is 31.1. The fourth-order valence-electron chi connectivity index (χ4n) is 2.38. The summed E-state index contributed by atoms with van der Waals surface area (Å²) in [4.78, 5) is 0. The van der Waals surface area contributed by atoms with Crippen molar-refractivity contribution in [3.63, 3.8) is 0 Å². The molecule has 0 saturated carbocycles. The minimum atomic E-state index is -0.374. The lowest BCUT2D eigenvalue weighted by Crippen LogP contribution is -2.17. The van der Waals surface area contributed by atoms with Crippen LogP contribution in [0.15, 0.2) is 84.9 Å². The zero-order valence-corrected chi connectivity index (χ0v) is 13.6. The average molecular weight is 303 g/mol. The molecule has 2 heteroatoms. The van der Waals surface area contributed by atoms with E-state index in [2.05, 4.69) is 95.2 Å². The van der Waals surface area contributed by atoms with Gasteiger partial charge in [-0.3, -0.25) is 0 Å². The van der Waals surface area contributed by atoms with Crippen molar-refractivity contribution in [2.45, 2.75) is 6.16 Å². The van der Waals surface area contributed by atoms with Crippen molar-refractivity contribution >= 4 is 34.0 Å². The van der Waals surface area contributed by atoms with E-state index in [1.54, 1.807) is 0 Å². The van der Waals surface area contributed by atoms with Crippen LogP contribution in [0.2, 0.25) is 0 Å². The van der Waals surface area contributed by atoms with Gasteiger partial charge in [-0.2, -0.15) is 0 Å². The van der Waals surface area contributed by atoms with Gasteiger partial charge in [-0.1, -0.05) is 90.1 Å². The molecule has 21 heavy (non-hydrogen) atoms. The van der Waals surface area contributed by atoms with Crippen LogP contribution in [0.4, 0.5) is 0 Å². The minimum absolute atomic E-state index is 0.374. The zero-order valence-electron chi connectivity index (χ0n) is 11.7. The molecule has 3 radical (unpaired) electrons. The Labute approximate surface area is 131 Å². The van der Waals surface area contributed by atoms with E-state index in [1.165, 1.54) is 21.4 Å². The van der Waals surface area contributed by atoms with Gasteiger partial charge < -0.3 is 0 Å². The number of hydrogen-bond donors (Lipinski definition) is 0. The Kier molecular flexibility index (Phi) is 4.64. The molecule has 0 aromatic heterocycles. The number of benzene rings is 3. The van der Waals surface area contributed by atoms with Crippen LogP contribution in [-0.4, -0.2) is 10.2 Å². The van der Waals surface area contributed by atoms with Crippen LogP contribution >= 0.6 is 7.92 Å². The van der Waals surface area contributed by atoms with Crippen molar-refractivity contribution in [1.29, 1.82) is 0 Å². The van der Waals surface area contributed by atoms with Gasteiger partial charge in [0.15, 0.2) is 0 Å². The highest BCUT2D eigenvalue weighted by Crippen LogP contribution is 2.37. The van der Waals surface area contributed by atoms with Crippen LogP contribution in [0.1, 0.15) is 5.56 Å². The maximum absolute atomic E-state index is 3.73. The first kappa shape index (κ1) is 14.3. The molecule has 0 aliphatic heterocycles. The standard InChI is InChI=1S/C19H16PSi/c21-19-14-8-7-9-16(19)15-20(17-10-3-1-4-11-17)18-12-5-2-6-13-18/h1-14H,15H2. The van der Waals surface area contributed by atoms with Crippen LogP contribution in [-0.2, 0) is 6.16 Å². The van der Waals surface area contributed by atoms with Gasteiger partial charge in [0.2, 0.25) is 0 Å². The molecule has 0 aliphatic rings. The Morgan fingerprint density at radius 3 is 1.62 bits per heavy atom. The molecule has 101 valence electrons. The highest BCUT2D eigenvalue weighted by Gasteiger charge is 2.14. The highest BCUT2D eigenvalue weighted by molar-refractivity contribution is 7.72. The van der Waals surface area contributed by atoms with E-state index in [-0.39, 0.29) is 7.92 Å². The third-order valence-corrected chi connectivity index (χ3v) is 6.47. The normalized spacial score (nSPS) is 10.8. The Hall–Kier alpha value is -1.69. The second-order valence-corrected chi connectivity index (χ2v) is 7.66. The SMILES string of the molecule is [Si]c1ccccc1CP(c1ccccc1)c1ccccc1. The average Bonchev–Trinajstić information content (AvgIpc) is 2.56. The van der Waals surface area contributed by atoms with Crippen molar-refractivity contribution in [2.24, 2.45) is 0 Å². The first-order chi connectivity index (χ1) is 10.3. The zero-order chi connectivity index (χ0) is 14.5. The molecule has 0 atom stereocenters. The van der Waals surface area contributed by atoms with Gasteiger partial charge in [0.1, 0.15) is 0 Å². The molecule has 0 heterocycles. The summed E-state index contributed by atoms with van der Waals surface area (Å²) in [7, 11) is 3.36. The number of hydrogen-bond acceptors (Lipinski definition) is 0. The quantitative estimate of drug-likeness (QED) is 0.513. The van der Waals surface area contributed by atoms with Gasteiger partial charge in [-0.25, -0.2) is 0 Å². The third-order valence-electron chi connectivity index (χ3n) is 3.48. The van der Waals surface area contributed by atoms with Crippen molar-refractivity contribution in [2.75, 3.05) is 0 Å². The monoisotopic (exact) mass is 303 g/mol. The van der Waals surface area contributed by atoms with Crippen LogP contribution in [0.5, 0.6) is 0 Å². The van der Waals surface area contributed by atoms with E-state index >= 15 is 0 Å². The molecule has 0 spiro atoms. The van der Waals surface area contributed by atoms with Crippen LogP contribution < -0.4 is 15.8 Å². The fourth-order valence-corrected chi connectivity index (χ4v) is 5.14. The maximum Gasteiger partial charge on any atom is 0.0715 e. The van der Waals surface area contributed by atoms with E-state index < -0.39 is 0 Å². The largest absolute Gasteiger partial charge is 0.0715 e. The van der Waals surface area contributed by atoms with Crippen molar-refractivity contribution in [3.8, 4) is 0 Å². The van der Waals surface area contributed by atoms with E-state index in [9.17, 15) is 0 Å². The topological polar surface area (TPSA) is 0 Å². The van der Waals surface area contributed by atoms with Crippen molar-refractivity contribution in [1.82, 2.24) is 0 Å². The van der Waals surface area contributed by atoms with Gasteiger partial charge >= 0.3 is 0 Å². The minimum Gasteiger partial charge on any atom is -0.0639 e. The van der Waals surface area contributed by atoms with Gasteiger partial charge in [0.05, 0.1) is 10.2 Å². The maximum atomic E-state index is 3.73. The van der Waals surface area contributed by atoms with Crippen LogP contribution in [0.3, 0.4) is 0 Å². The van der Waals surface area contributed by atoms with E-state index in [4.69, 9.17) is 0 Å². The lowest BCUT2D eigenvalue weighted by molar-refractivity contribution is 1.44. The summed E-state index contributed by atoms with van der Waals surface area (Å²) in [6.45, 7) is 0. The van der Waals surface area contributed by atoms with Gasteiger partial charge in [-0.05, 0) is 24.1 Å². The fraction of sp³-hybridized carbons (Fsp3) is 0.0526. The molecular weight excluding hydrogens is 287 g/mol. The molecule has 0 bridgehead atoms. The molecule has 0 unspecified atom stereocenters. The second kappa shape index (κ2) is 6.84. The Bertz CT molecular complexity index is 656. The molecular formula is C19H16PSi. The summed E-state index contributed by atoms with van der Waals surface area (Å²) in [5, 5.41) is 4.04. The van der Waals surface area contributed by atoms with Crippen LogP contribution in [0, 0.1) is 0 Å². The summed E-state index contributed by atoms with van der Waals surface area (Å²) >= 11 is 0. The molecule has 0 nitrogen and oxygen atoms in total. The molecule has 0 N–H and O–H groups in total. The van der Waals surface area contributed by atoms with Crippen LogP contribution in [0.25, 0.3) is 0 Å². The molecule has 0 amide bonds. The summed E-state index contributed by atoms with van der Waals surface area (Å²) in [5.41, 5.74) is 1.37. The first-order valence-electron chi connectivity index (χ1n) is 7.02. The van der Waals surface area contributed by atoms with Crippen molar-refractivity contribution in [3.05, 3.63) is 90.5 Å². The molecule has 3 rings (SSSR count). The molecule has 3 aromatic carbocycles. The predicted octanol–water partition coefficient (Wildman–Crippen LogP) is 3.11. The van der Waals surface area contributed by atoms with E-state index in [1.807, 2.05) is 0 Å². The Balaban J connectivity index is 1.99. The van der Waals surface area contributed by atoms with Gasteiger partial charge in [-0.15, -0.1) is 0 Å². The molecule has 0 aliphatic carbocycles. The lowest BCUT2D eigenvalue weighted by Gasteiger charge is -2.20. The predicted molar refractivity (Wildman–Crippen MR) is 94.6 cm³/mol. The van der Waals surface area contributed by atoms with Gasteiger partial charge in [0.25, 0.3) is 0 Å². The molecule has 3 aromatic rings. The van der Waals surface area contributed by atoms with Gasteiger partial charge in [0, 0.05) is 6.16 Å². The number of rotatable bonds is 4. The first-order valence-corrected chi connectivity index (χ1v) is 9.04. The summed E-state index contributed by atoms with van der Waals surface area (Å²) in [5.74, 6) is 0. The van der Waals surface area contributed by atoms with E-state index in [0.29, 0.717) is 0 Å². The lowest BCUT2D eigenvalue weighted by atomic mass is 10.2. The summed E-state index contributed by atoms with van der Waals surface area (Å²) in [6.07, 6.45) is 1.06. The summed E-state index contributed by atoms with van der Waals surface area (Å²) in [6, 6.07) is 30.2. The third kappa shape index (κ3) is 3.50. The Morgan fingerprint density at radius 2 is 1.10 bits per heavy atom. The van der Waals surface area contributed by atoms with Crippen molar-refractivity contribution < 1.29 is 0 Å².